The van der Waals surface area contributed by atoms with E-state index in [2.05, 4.69) is 36.7 Å². The van der Waals surface area contributed by atoms with E-state index < -0.39 is 11.0 Å². The summed E-state index contributed by atoms with van der Waals surface area (Å²) in [5.41, 5.74) is 3.50. The van der Waals surface area contributed by atoms with Crippen LogP contribution in [0.4, 0.5) is 11.4 Å². The molecule has 1 N–H and O–H groups in total. The van der Waals surface area contributed by atoms with Crippen molar-refractivity contribution in [2.45, 2.75) is 76.7 Å². The number of fused-ring (bicyclic) bond motifs is 1. The van der Waals surface area contributed by atoms with E-state index in [-0.39, 0.29) is 11.3 Å². The van der Waals surface area contributed by atoms with Gasteiger partial charge >= 0.3 is 0 Å². The molecule has 3 aromatic rings. The Labute approximate surface area is 205 Å². The lowest BCUT2D eigenvalue weighted by Gasteiger charge is -2.26. The number of anilines is 2. The van der Waals surface area contributed by atoms with Gasteiger partial charge in [0.05, 0.1) is 21.6 Å². The Kier molecular flexibility index (Phi) is 7.12. The SMILES string of the molecule is CC(=O)Nc1cccc(S(=O)N(C)c2ccc3c(c2)nc(C(C)(C)C)n3CC2CCCCC2)c1. The van der Waals surface area contributed by atoms with E-state index in [4.69, 9.17) is 4.98 Å². The molecule has 4 rings (SSSR count). The molecule has 0 radical (unpaired) electrons. The number of carbonyl (C=O) groups is 1. The summed E-state index contributed by atoms with van der Waals surface area (Å²) in [6.07, 6.45) is 6.59. The van der Waals surface area contributed by atoms with Crippen LogP contribution in [-0.2, 0) is 27.7 Å². The predicted molar refractivity (Wildman–Crippen MR) is 141 cm³/mol. The van der Waals surface area contributed by atoms with Gasteiger partial charge in [-0.15, -0.1) is 0 Å². The highest BCUT2D eigenvalue weighted by molar-refractivity contribution is 7.86. The molecular formula is C27H36N4O2S. The van der Waals surface area contributed by atoms with Gasteiger partial charge in [-0.25, -0.2) is 9.19 Å². The van der Waals surface area contributed by atoms with Crippen molar-refractivity contribution in [3.63, 3.8) is 0 Å². The van der Waals surface area contributed by atoms with Crippen LogP contribution in [0.2, 0.25) is 0 Å². The largest absolute Gasteiger partial charge is 0.327 e. The Balaban J connectivity index is 1.65. The second-order valence-corrected chi connectivity index (χ2v) is 11.9. The summed E-state index contributed by atoms with van der Waals surface area (Å²) in [5, 5.41) is 2.75. The molecule has 1 fully saturated rings. The van der Waals surface area contributed by atoms with E-state index in [1.54, 1.807) is 22.5 Å². The fourth-order valence-electron chi connectivity index (χ4n) is 4.84. The maximum atomic E-state index is 13.3. The van der Waals surface area contributed by atoms with E-state index >= 15 is 0 Å². The van der Waals surface area contributed by atoms with Gasteiger partial charge in [0.2, 0.25) is 5.91 Å². The lowest BCUT2D eigenvalue weighted by molar-refractivity contribution is -0.114. The zero-order valence-electron chi connectivity index (χ0n) is 20.9. The van der Waals surface area contributed by atoms with Gasteiger partial charge < -0.3 is 9.88 Å². The highest BCUT2D eigenvalue weighted by atomic mass is 32.2. The molecule has 0 bridgehead atoms. The van der Waals surface area contributed by atoms with Crippen LogP contribution in [0.3, 0.4) is 0 Å². The molecule has 1 saturated carbocycles. The molecule has 1 atom stereocenters. The number of nitrogens with zero attached hydrogens (tertiary/aromatic N) is 3. The molecule has 1 aliphatic carbocycles. The van der Waals surface area contributed by atoms with Crippen LogP contribution >= 0.6 is 0 Å². The minimum Gasteiger partial charge on any atom is -0.327 e. The first kappa shape index (κ1) is 24.5. The summed E-state index contributed by atoms with van der Waals surface area (Å²) >= 11 is 0. The van der Waals surface area contributed by atoms with Crippen LogP contribution < -0.4 is 9.62 Å². The molecule has 1 amide bonds. The average Bonchev–Trinajstić information content (AvgIpc) is 3.16. The zero-order valence-corrected chi connectivity index (χ0v) is 21.7. The first-order chi connectivity index (χ1) is 16.1. The summed E-state index contributed by atoms with van der Waals surface area (Å²) in [5.74, 6) is 1.66. The van der Waals surface area contributed by atoms with Gasteiger partial charge in [0.1, 0.15) is 5.82 Å². The fourth-order valence-corrected chi connectivity index (χ4v) is 5.88. The molecule has 2 aromatic carbocycles. The molecule has 1 unspecified atom stereocenters. The van der Waals surface area contributed by atoms with E-state index in [1.807, 2.05) is 25.2 Å². The average molecular weight is 481 g/mol. The minimum absolute atomic E-state index is 0.0628. The zero-order chi connectivity index (χ0) is 24.5. The highest BCUT2D eigenvalue weighted by Crippen LogP contribution is 2.33. The van der Waals surface area contributed by atoms with Crippen molar-refractivity contribution in [3.8, 4) is 0 Å². The fraction of sp³-hybridized carbons (Fsp3) is 0.481. The standard InChI is InChI=1S/C27H36N4O2S/c1-19(32)28-21-12-9-13-23(16-21)34(33)30(5)22-14-15-25-24(17-22)29-26(27(2,3)4)31(25)18-20-10-7-6-8-11-20/h9,12-17,20H,6-8,10-11,18H2,1-5H3,(H,28,32). The molecule has 1 heterocycles. The van der Waals surface area contributed by atoms with Gasteiger partial charge in [-0.3, -0.25) is 9.10 Å². The lowest BCUT2D eigenvalue weighted by Crippen LogP contribution is -2.22. The summed E-state index contributed by atoms with van der Waals surface area (Å²) in [4.78, 5) is 17.1. The number of rotatable bonds is 6. The van der Waals surface area contributed by atoms with Crippen molar-refractivity contribution in [2.24, 2.45) is 5.92 Å². The highest BCUT2D eigenvalue weighted by Gasteiger charge is 2.26. The van der Waals surface area contributed by atoms with Crippen LogP contribution in [0, 0.1) is 5.92 Å². The van der Waals surface area contributed by atoms with Crippen LogP contribution in [0.5, 0.6) is 0 Å². The van der Waals surface area contributed by atoms with E-state index in [1.165, 1.54) is 39.0 Å². The van der Waals surface area contributed by atoms with E-state index in [0.29, 0.717) is 16.5 Å². The Hall–Kier alpha value is -2.67. The van der Waals surface area contributed by atoms with Crippen LogP contribution in [-0.4, -0.2) is 26.7 Å². The first-order valence-corrected chi connectivity index (χ1v) is 13.3. The smallest absolute Gasteiger partial charge is 0.221 e. The second kappa shape index (κ2) is 9.90. The molecule has 0 saturated heterocycles. The Bertz CT molecular complexity index is 1210. The molecule has 0 aliphatic heterocycles. The van der Waals surface area contributed by atoms with Gasteiger partial charge in [-0.1, -0.05) is 46.1 Å². The number of benzene rings is 2. The number of amides is 1. The monoisotopic (exact) mass is 480 g/mol. The maximum absolute atomic E-state index is 13.3. The van der Waals surface area contributed by atoms with Crippen molar-refractivity contribution in [1.82, 2.24) is 9.55 Å². The van der Waals surface area contributed by atoms with Gasteiger partial charge in [0, 0.05) is 31.6 Å². The maximum Gasteiger partial charge on any atom is 0.221 e. The number of nitrogens with one attached hydrogen (secondary N) is 1. The van der Waals surface area contributed by atoms with Crippen LogP contribution in [0.25, 0.3) is 11.0 Å². The predicted octanol–water partition coefficient (Wildman–Crippen LogP) is 6.03. The lowest BCUT2D eigenvalue weighted by atomic mass is 9.88. The Morgan fingerprint density at radius 3 is 2.56 bits per heavy atom. The number of hydrogen-bond acceptors (Lipinski definition) is 3. The molecule has 7 heteroatoms. The van der Waals surface area contributed by atoms with Gasteiger partial charge in [-0.2, -0.15) is 0 Å². The molecule has 0 spiro atoms. The normalized spacial score (nSPS) is 15.9. The summed E-state index contributed by atoms with van der Waals surface area (Å²) < 4.78 is 17.5. The van der Waals surface area contributed by atoms with E-state index in [0.717, 1.165) is 29.1 Å². The first-order valence-electron chi connectivity index (χ1n) is 12.2. The van der Waals surface area contributed by atoms with E-state index in [9.17, 15) is 9.00 Å². The molecule has 1 aliphatic rings. The molecular weight excluding hydrogens is 444 g/mol. The summed E-state index contributed by atoms with van der Waals surface area (Å²) in [7, 11) is 0.404. The third-order valence-corrected chi connectivity index (χ3v) is 7.90. The molecule has 182 valence electrons. The second-order valence-electron chi connectivity index (χ2n) is 10.4. The molecule has 1 aromatic heterocycles. The van der Waals surface area contributed by atoms with Gasteiger partial charge in [-0.05, 0) is 55.2 Å². The summed E-state index contributed by atoms with van der Waals surface area (Å²) in [6.45, 7) is 9.13. The van der Waals surface area contributed by atoms with Crippen LogP contribution in [0.15, 0.2) is 47.4 Å². The number of imidazole rings is 1. The Morgan fingerprint density at radius 1 is 1.15 bits per heavy atom. The number of aromatic nitrogens is 2. The Morgan fingerprint density at radius 2 is 1.88 bits per heavy atom. The van der Waals surface area contributed by atoms with Crippen molar-refractivity contribution < 1.29 is 9.00 Å². The van der Waals surface area contributed by atoms with Gasteiger partial charge in [0.15, 0.2) is 11.0 Å². The van der Waals surface area contributed by atoms with Crippen molar-refractivity contribution >= 4 is 39.3 Å². The third-order valence-electron chi connectivity index (χ3n) is 6.54. The van der Waals surface area contributed by atoms with Gasteiger partial charge in [0.25, 0.3) is 0 Å². The van der Waals surface area contributed by atoms with Crippen LogP contribution in [0.1, 0.15) is 65.6 Å². The molecule has 6 nitrogen and oxygen atoms in total. The van der Waals surface area contributed by atoms with Crippen molar-refractivity contribution in [2.75, 3.05) is 16.7 Å². The number of hydrogen-bond donors (Lipinski definition) is 1. The molecule has 34 heavy (non-hydrogen) atoms. The topological polar surface area (TPSA) is 67.2 Å². The van der Waals surface area contributed by atoms with Crippen molar-refractivity contribution in [3.05, 3.63) is 48.3 Å². The quantitative estimate of drug-likeness (QED) is 0.468. The number of carbonyl (C=O) groups excluding carboxylic acids is 1. The van der Waals surface area contributed by atoms with Crippen molar-refractivity contribution in [1.29, 1.82) is 0 Å². The minimum atomic E-state index is -1.42. The third kappa shape index (κ3) is 5.35. The summed E-state index contributed by atoms with van der Waals surface area (Å²) in [6, 6.07) is 13.4.